The number of carboxylic acid groups (broad SMARTS) is 1. The number of benzene rings is 1. The summed E-state index contributed by atoms with van der Waals surface area (Å²) in [5, 5.41) is 11.9. The molecule has 0 saturated heterocycles. The summed E-state index contributed by atoms with van der Waals surface area (Å²) in [5.74, 6) is -1.21. The van der Waals surface area contributed by atoms with Gasteiger partial charge in [-0.2, -0.15) is 0 Å². The zero-order chi connectivity index (χ0) is 14.1. The molecule has 0 aliphatic carbocycles. The first-order chi connectivity index (χ1) is 9.66. The van der Waals surface area contributed by atoms with Crippen LogP contribution >= 0.6 is 0 Å². The molecule has 0 amide bonds. The smallest absolute Gasteiger partial charge is 0.545 e. The second kappa shape index (κ2) is 6.76. The maximum atomic E-state index is 11.4. The number of pyridine rings is 2. The summed E-state index contributed by atoms with van der Waals surface area (Å²) < 4.78 is 0. The molecular formula is C16H11KN2O2. The normalized spacial score (nSPS) is 10.1. The van der Waals surface area contributed by atoms with Crippen LogP contribution in [0.3, 0.4) is 0 Å². The van der Waals surface area contributed by atoms with Crippen molar-refractivity contribution in [2.45, 2.75) is 6.92 Å². The maximum absolute atomic E-state index is 11.4. The summed E-state index contributed by atoms with van der Waals surface area (Å²) in [4.78, 5) is 20.1. The van der Waals surface area contributed by atoms with Crippen LogP contribution < -0.4 is 56.5 Å². The van der Waals surface area contributed by atoms with E-state index in [0.717, 1.165) is 5.56 Å². The molecule has 2 heterocycles. The molecule has 0 aliphatic heterocycles. The first-order valence-electron chi connectivity index (χ1n) is 6.20. The van der Waals surface area contributed by atoms with Gasteiger partial charge in [-0.3, -0.25) is 4.98 Å². The Balaban J connectivity index is 0.00000161. The van der Waals surface area contributed by atoms with Gasteiger partial charge < -0.3 is 9.90 Å². The van der Waals surface area contributed by atoms with Crippen LogP contribution in [0, 0.1) is 6.92 Å². The molecule has 0 atom stereocenters. The Hall–Kier alpha value is -1.11. The van der Waals surface area contributed by atoms with E-state index in [-0.39, 0.29) is 56.9 Å². The van der Waals surface area contributed by atoms with Crippen LogP contribution in [0.4, 0.5) is 0 Å². The topological polar surface area (TPSA) is 65.9 Å². The summed E-state index contributed by atoms with van der Waals surface area (Å²) in [6.07, 6.45) is 1.65. The van der Waals surface area contributed by atoms with Crippen molar-refractivity contribution in [3.63, 3.8) is 0 Å². The Morgan fingerprint density at radius 1 is 1.10 bits per heavy atom. The standard InChI is InChI=1S/C16H12N2O2.K/c1-10-5-4-6-11-12(16(19)20)9-14(18-15(10)11)13-7-2-3-8-17-13;/h2-9H,1H3,(H,19,20);/q;+1/p-1. The molecule has 0 N–H and O–H groups in total. The Labute approximate surface area is 164 Å². The number of carbonyl (C=O) groups excluding carboxylic acids is 1. The molecule has 98 valence electrons. The van der Waals surface area contributed by atoms with Crippen LogP contribution in [0.1, 0.15) is 15.9 Å². The number of para-hydroxylation sites is 1. The zero-order valence-corrected chi connectivity index (χ0v) is 15.0. The van der Waals surface area contributed by atoms with Crippen molar-refractivity contribution < 1.29 is 61.3 Å². The van der Waals surface area contributed by atoms with E-state index < -0.39 is 5.97 Å². The van der Waals surface area contributed by atoms with Crippen LogP contribution in [-0.4, -0.2) is 15.9 Å². The van der Waals surface area contributed by atoms with E-state index in [1.54, 1.807) is 24.4 Å². The Kier molecular flexibility index (Phi) is 5.24. The molecule has 0 fully saturated rings. The Morgan fingerprint density at radius 3 is 2.57 bits per heavy atom. The fourth-order valence-corrected chi connectivity index (χ4v) is 2.21. The molecule has 1 aromatic carbocycles. The minimum Gasteiger partial charge on any atom is -0.545 e. The molecule has 0 radical (unpaired) electrons. The van der Waals surface area contributed by atoms with E-state index in [4.69, 9.17) is 0 Å². The third kappa shape index (κ3) is 3.22. The minimum atomic E-state index is -1.21. The van der Waals surface area contributed by atoms with Crippen LogP contribution in [0.25, 0.3) is 22.3 Å². The zero-order valence-electron chi connectivity index (χ0n) is 11.8. The van der Waals surface area contributed by atoms with Gasteiger partial charge in [-0.1, -0.05) is 24.3 Å². The number of carboxylic acids is 1. The van der Waals surface area contributed by atoms with Gasteiger partial charge in [0.05, 0.1) is 22.9 Å². The van der Waals surface area contributed by atoms with Gasteiger partial charge in [0.2, 0.25) is 0 Å². The molecule has 3 aromatic rings. The largest absolute Gasteiger partial charge is 1.00 e. The molecule has 3 rings (SSSR count). The minimum absolute atomic E-state index is 0. The fourth-order valence-electron chi connectivity index (χ4n) is 2.21. The van der Waals surface area contributed by atoms with Crippen molar-refractivity contribution in [3.05, 3.63) is 59.8 Å². The number of carbonyl (C=O) groups is 1. The third-order valence-corrected chi connectivity index (χ3v) is 3.19. The van der Waals surface area contributed by atoms with Crippen LogP contribution in [-0.2, 0) is 0 Å². The van der Waals surface area contributed by atoms with Gasteiger partial charge >= 0.3 is 51.4 Å². The predicted molar refractivity (Wildman–Crippen MR) is 74.0 cm³/mol. The third-order valence-electron chi connectivity index (χ3n) is 3.19. The molecule has 0 bridgehead atoms. The van der Waals surface area contributed by atoms with E-state index in [0.29, 0.717) is 22.3 Å². The number of nitrogens with zero attached hydrogens (tertiary/aromatic N) is 2. The van der Waals surface area contributed by atoms with Gasteiger partial charge in [-0.05, 0) is 30.7 Å². The van der Waals surface area contributed by atoms with Crippen molar-refractivity contribution in [1.29, 1.82) is 0 Å². The molecule has 21 heavy (non-hydrogen) atoms. The number of hydrogen-bond donors (Lipinski definition) is 0. The van der Waals surface area contributed by atoms with Crippen molar-refractivity contribution in [3.8, 4) is 11.4 Å². The second-order valence-corrected chi connectivity index (χ2v) is 4.53. The van der Waals surface area contributed by atoms with Crippen LogP contribution in [0.5, 0.6) is 0 Å². The van der Waals surface area contributed by atoms with E-state index >= 15 is 0 Å². The van der Waals surface area contributed by atoms with E-state index in [2.05, 4.69) is 9.97 Å². The maximum Gasteiger partial charge on any atom is 1.00 e. The summed E-state index contributed by atoms with van der Waals surface area (Å²) in [5.41, 5.74) is 2.89. The summed E-state index contributed by atoms with van der Waals surface area (Å²) in [7, 11) is 0. The molecule has 0 aliphatic rings. The van der Waals surface area contributed by atoms with E-state index in [9.17, 15) is 9.90 Å². The summed E-state index contributed by atoms with van der Waals surface area (Å²) >= 11 is 0. The molecule has 2 aromatic heterocycles. The fraction of sp³-hybridized carbons (Fsp3) is 0.0625. The first-order valence-corrected chi connectivity index (χ1v) is 6.20. The molecule has 4 nitrogen and oxygen atoms in total. The SMILES string of the molecule is Cc1cccc2c(C(=O)[O-])cc(-c3ccccn3)nc12.[K+]. The molecule has 0 spiro atoms. The molecular weight excluding hydrogens is 291 g/mol. The Bertz CT molecular complexity index is 804. The van der Waals surface area contributed by atoms with Crippen LogP contribution in [0.2, 0.25) is 0 Å². The van der Waals surface area contributed by atoms with E-state index in [1.165, 1.54) is 6.07 Å². The quantitative estimate of drug-likeness (QED) is 0.568. The number of aryl methyl sites for hydroxylation is 1. The first kappa shape index (κ1) is 16.3. The van der Waals surface area contributed by atoms with Gasteiger partial charge in [-0.15, -0.1) is 0 Å². The molecule has 5 heteroatoms. The average molecular weight is 302 g/mol. The number of hydrogen-bond acceptors (Lipinski definition) is 4. The Morgan fingerprint density at radius 2 is 1.90 bits per heavy atom. The van der Waals surface area contributed by atoms with E-state index in [1.807, 2.05) is 25.1 Å². The van der Waals surface area contributed by atoms with Gasteiger partial charge in [0.1, 0.15) is 0 Å². The van der Waals surface area contributed by atoms with Gasteiger partial charge in [0, 0.05) is 17.1 Å². The molecule has 0 saturated carbocycles. The summed E-state index contributed by atoms with van der Waals surface area (Å²) in [6, 6.07) is 12.4. The van der Waals surface area contributed by atoms with Gasteiger partial charge in [0.25, 0.3) is 0 Å². The van der Waals surface area contributed by atoms with Crippen LogP contribution in [0.15, 0.2) is 48.7 Å². The average Bonchev–Trinajstić information content (AvgIpc) is 2.47. The van der Waals surface area contributed by atoms with Crippen molar-refractivity contribution >= 4 is 16.9 Å². The van der Waals surface area contributed by atoms with Crippen molar-refractivity contribution in [2.75, 3.05) is 0 Å². The number of rotatable bonds is 2. The molecule has 0 unspecified atom stereocenters. The monoisotopic (exact) mass is 302 g/mol. The number of aromatic nitrogens is 2. The summed E-state index contributed by atoms with van der Waals surface area (Å²) in [6.45, 7) is 1.90. The van der Waals surface area contributed by atoms with Gasteiger partial charge in [-0.25, -0.2) is 4.98 Å². The predicted octanol–water partition coefficient (Wildman–Crippen LogP) is -1.03. The van der Waals surface area contributed by atoms with Crippen molar-refractivity contribution in [2.24, 2.45) is 0 Å². The number of fused-ring (bicyclic) bond motifs is 1. The second-order valence-electron chi connectivity index (χ2n) is 4.53. The van der Waals surface area contributed by atoms with Crippen molar-refractivity contribution in [1.82, 2.24) is 9.97 Å². The van der Waals surface area contributed by atoms with Gasteiger partial charge in [0.15, 0.2) is 0 Å². The number of aromatic carboxylic acids is 1.